The molecule has 3 aromatic rings. The lowest BCUT2D eigenvalue weighted by Crippen LogP contribution is -2.18. The van der Waals surface area contributed by atoms with Crippen LogP contribution in [0.4, 0.5) is 4.39 Å². The highest BCUT2D eigenvalue weighted by atomic mass is 32.2. The van der Waals surface area contributed by atoms with E-state index in [1.54, 1.807) is 0 Å². The second kappa shape index (κ2) is 7.08. The number of amides is 1. The summed E-state index contributed by atoms with van der Waals surface area (Å²) in [6.45, 7) is 1.48. The first-order valence-corrected chi connectivity index (χ1v) is 9.69. The van der Waals surface area contributed by atoms with Crippen molar-refractivity contribution in [3.63, 3.8) is 0 Å². The molecule has 1 aromatic heterocycles. The van der Waals surface area contributed by atoms with Gasteiger partial charge >= 0.3 is 5.97 Å². The van der Waals surface area contributed by atoms with E-state index in [4.69, 9.17) is 5.11 Å². The third kappa shape index (κ3) is 3.24. The summed E-state index contributed by atoms with van der Waals surface area (Å²) >= 11 is 0. The molecule has 0 aliphatic carbocycles. The van der Waals surface area contributed by atoms with Crippen LogP contribution in [0.5, 0.6) is 0 Å². The van der Waals surface area contributed by atoms with Crippen molar-refractivity contribution in [1.29, 1.82) is 0 Å². The molecule has 28 heavy (non-hydrogen) atoms. The monoisotopic (exact) mass is 404 g/mol. The van der Waals surface area contributed by atoms with Crippen LogP contribution >= 0.6 is 0 Å². The molecule has 1 amide bonds. The Morgan fingerprint density at radius 2 is 1.79 bits per heavy atom. The Bertz CT molecular complexity index is 1200. The van der Waals surface area contributed by atoms with Gasteiger partial charge in [0, 0.05) is 23.7 Å². The maximum atomic E-state index is 13.7. The highest BCUT2D eigenvalue weighted by molar-refractivity contribution is 7.90. The van der Waals surface area contributed by atoms with Crippen LogP contribution in [0.15, 0.2) is 47.4 Å². The van der Waals surface area contributed by atoms with Crippen molar-refractivity contribution in [2.75, 3.05) is 7.05 Å². The Labute approximate surface area is 160 Å². The maximum absolute atomic E-state index is 13.7. The van der Waals surface area contributed by atoms with E-state index in [0.29, 0.717) is 5.56 Å². The van der Waals surface area contributed by atoms with Crippen molar-refractivity contribution in [3.05, 3.63) is 65.1 Å². The molecule has 0 unspecified atom stereocenters. The fourth-order valence-corrected chi connectivity index (χ4v) is 4.72. The minimum atomic E-state index is -4.10. The number of nitrogens with one attached hydrogen (secondary N) is 1. The Morgan fingerprint density at radius 3 is 2.36 bits per heavy atom. The Balaban J connectivity index is 2.23. The smallest absolute Gasteiger partial charge is 0.307 e. The lowest BCUT2D eigenvalue weighted by atomic mass is 10.1. The third-order valence-electron chi connectivity index (χ3n) is 4.45. The summed E-state index contributed by atoms with van der Waals surface area (Å²) in [4.78, 5) is 22.8. The molecule has 0 aliphatic heterocycles. The lowest BCUT2D eigenvalue weighted by molar-refractivity contribution is -0.136. The fraction of sp³-hybridized carbons (Fsp3) is 0.158. The number of benzene rings is 2. The molecule has 0 saturated heterocycles. The van der Waals surface area contributed by atoms with Crippen LogP contribution in [0.2, 0.25) is 0 Å². The number of nitrogens with zero attached hydrogens (tertiary/aromatic N) is 1. The molecule has 0 atom stereocenters. The Hall–Kier alpha value is -3.20. The first kappa shape index (κ1) is 19.6. The number of halogens is 1. The molecule has 0 radical (unpaired) electrons. The van der Waals surface area contributed by atoms with Crippen LogP contribution in [0, 0.1) is 12.7 Å². The topological polar surface area (TPSA) is 105 Å². The van der Waals surface area contributed by atoms with E-state index in [0.717, 1.165) is 16.1 Å². The van der Waals surface area contributed by atoms with Crippen LogP contribution in [0.1, 0.15) is 21.6 Å². The van der Waals surface area contributed by atoms with Crippen LogP contribution in [0.25, 0.3) is 10.9 Å². The quantitative estimate of drug-likeness (QED) is 0.679. The Kier molecular flexibility index (Phi) is 4.95. The molecular weight excluding hydrogens is 387 g/mol. The van der Waals surface area contributed by atoms with E-state index < -0.39 is 28.2 Å². The second-order valence-corrected chi connectivity index (χ2v) is 7.96. The normalized spacial score (nSPS) is 11.5. The van der Waals surface area contributed by atoms with Gasteiger partial charge in [-0.25, -0.2) is 16.8 Å². The average Bonchev–Trinajstić information content (AvgIpc) is 2.92. The fourth-order valence-electron chi connectivity index (χ4n) is 3.14. The van der Waals surface area contributed by atoms with Gasteiger partial charge in [0.1, 0.15) is 5.82 Å². The summed E-state index contributed by atoms with van der Waals surface area (Å²) in [5.74, 6) is -2.10. The number of hydrogen-bond donors (Lipinski definition) is 2. The molecule has 0 saturated carbocycles. The minimum Gasteiger partial charge on any atom is -0.481 e. The number of hydrogen-bond acceptors (Lipinski definition) is 4. The number of fused-ring (bicyclic) bond motifs is 1. The van der Waals surface area contributed by atoms with Gasteiger partial charge in [0.15, 0.2) is 0 Å². The highest BCUT2D eigenvalue weighted by Crippen LogP contribution is 2.31. The maximum Gasteiger partial charge on any atom is 0.307 e. The van der Waals surface area contributed by atoms with Crippen LogP contribution in [-0.4, -0.2) is 36.4 Å². The molecule has 0 bridgehead atoms. The molecule has 3 rings (SSSR count). The van der Waals surface area contributed by atoms with Gasteiger partial charge in [-0.2, -0.15) is 0 Å². The van der Waals surface area contributed by atoms with E-state index in [2.05, 4.69) is 5.32 Å². The summed E-state index contributed by atoms with van der Waals surface area (Å²) in [6, 6.07) is 8.90. The summed E-state index contributed by atoms with van der Waals surface area (Å²) in [5.41, 5.74) is 0.903. The van der Waals surface area contributed by atoms with Gasteiger partial charge in [0.05, 0.1) is 16.8 Å². The Morgan fingerprint density at radius 1 is 1.14 bits per heavy atom. The predicted octanol–water partition coefficient (Wildman–Crippen LogP) is 2.31. The highest BCUT2D eigenvalue weighted by Gasteiger charge is 2.26. The van der Waals surface area contributed by atoms with Gasteiger partial charge in [-0.05, 0) is 55.0 Å². The van der Waals surface area contributed by atoms with Crippen molar-refractivity contribution in [3.8, 4) is 0 Å². The van der Waals surface area contributed by atoms with Crippen molar-refractivity contribution in [1.82, 2.24) is 9.29 Å². The summed E-state index contributed by atoms with van der Waals surface area (Å²) < 4.78 is 41.2. The van der Waals surface area contributed by atoms with Crippen LogP contribution < -0.4 is 5.32 Å². The van der Waals surface area contributed by atoms with Crippen LogP contribution in [0.3, 0.4) is 0 Å². The molecule has 0 fully saturated rings. The van der Waals surface area contributed by atoms with Gasteiger partial charge in [0.25, 0.3) is 15.9 Å². The number of aliphatic carboxylic acids is 1. The van der Waals surface area contributed by atoms with Crippen molar-refractivity contribution in [2.24, 2.45) is 0 Å². The molecule has 2 N–H and O–H groups in total. The summed E-state index contributed by atoms with van der Waals surface area (Å²) in [7, 11) is -2.64. The first-order chi connectivity index (χ1) is 13.2. The van der Waals surface area contributed by atoms with Gasteiger partial charge in [-0.15, -0.1) is 0 Å². The molecular formula is C19H17FN2O5S. The molecule has 7 nitrogen and oxygen atoms in total. The van der Waals surface area contributed by atoms with Gasteiger partial charge in [-0.1, -0.05) is 0 Å². The number of carbonyl (C=O) groups is 2. The SMILES string of the molecule is CNC(=O)c1ccc(S(=O)(=O)n2c(C)c(CC(=O)O)c3cc(F)ccc32)cc1. The standard InChI is InChI=1S/C19H17FN2O5S/c1-11-15(10-18(23)24)16-9-13(20)5-8-17(16)22(11)28(26,27)14-6-3-12(4-7-14)19(25)21-2/h3-9H,10H2,1-2H3,(H,21,25)(H,23,24). The number of carboxylic acid groups (broad SMARTS) is 1. The number of rotatable bonds is 5. The zero-order valence-electron chi connectivity index (χ0n) is 15.1. The van der Waals surface area contributed by atoms with E-state index in [1.807, 2.05) is 0 Å². The summed E-state index contributed by atoms with van der Waals surface area (Å²) in [6.07, 6.45) is -0.441. The third-order valence-corrected chi connectivity index (χ3v) is 6.27. The zero-order valence-corrected chi connectivity index (χ0v) is 15.9. The molecule has 2 aromatic carbocycles. The van der Waals surface area contributed by atoms with E-state index in [-0.39, 0.29) is 33.0 Å². The minimum absolute atomic E-state index is 0.0775. The van der Waals surface area contributed by atoms with E-state index in [9.17, 15) is 22.4 Å². The van der Waals surface area contributed by atoms with Crippen molar-refractivity contribution in [2.45, 2.75) is 18.2 Å². The first-order valence-electron chi connectivity index (χ1n) is 8.25. The van der Waals surface area contributed by atoms with Crippen molar-refractivity contribution >= 4 is 32.8 Å². The molecule has 9 heteroatoms. The predicted molar refractivity (Wildman–Crippen MR) is 100 cm³/mol. The number of aromatic nitrogens is 1. The van der Waals surface area contributed by atoms with Crippen LogP contribution in [-0.2, 0) is 21.2 Å². The van der Waals surface area contributed by atoms with Crippen molar-refractivity contribution < 1.29 is 27.5 Å². The average molecular weight is 404 g/mol. The second-order valence-electron chi connectivity index (χ2n) is 6.17. The number of carbonyl (C=O) groups excluding carboxylic acids is 1. The van der Waals surface area contributed by atoms with Gasteiger partial charge in [0.2, 0.25) is 0 Å². The molecule has 146 valence electrons. The molecule has 0 aliphatic rings. The molecule has 1 heterocycles. The number of carboxylic acids is 1. The van der Waals surface area contributed by atoms with Gasteiger partial charge < -0.3 is 10.4 Å². The molecule has 0 spiro atoms. The largest absolute Gasteiger partial charge is 0.481 e. The van der Waals surface area contributed by atoms with E-state index in [1.165, 1.54) is 44.3 Å². The zero-order chi connectivity index (χ0) is 20.6. The van der Waals surface area contributed by atoms with Gasteiger partial charge in [-0.3, -0.25) is 9.59 Å². The summed E-state index contributed by atoms with van der Waals surface area (Å²) in [5, 5.41) is 11.8. The van der Waals surface area contributed by atoms with E-state index >= 15 is 0 Å². The lowest BCUT2D eigenvalue weighted by Gasteiger charge is -2.11.